The summed E-state index contributed by atoms with van der Waals surface area (Å²) < 4.78 is 51.1. The smallest absolute Gasteiger partial charge is 0.352 e. The van der Waals surface area contributed by atoms with Gasteiger partial charge in [0.25, 0.3) is 0 Å². The molecule has 0 bridgehead atoms. The Bertz CT molecular complexity index is 774. The van der Waals surface area contributed by atoms with E-state index < -0.39 is 17.6 Å². The summed E-state index contributed by atoms with van der Waals surface area (Å²) in [6.45, 7) is 6.61. The molecule has 26 heavy (non-hydrogen) atoms. The van der Waals surface area contributed by atoms with Crippen molar-refractivity contribution in [2.45, 2.75) is 45.3 Å². The number of carbonyl (C=O) groups is 1. The molecule has 140 valence electrons. The van der Waals surface area contributed by atoms with E-state index >= 15 is 0 Å². The first-order chi connectivity index (χ1) is 12.0. The Morgan fingerprint density at radius 2 is 1.54 bits per heavy atom. The predicted octanol–water partition coefficient (Wildman–Crippen LogP) is 5.00. The number of benzene rings is 2. The molecular weight excluding hydrogens is 346 g/mol. The number of hydrogen-bond acceptors (Lipinski definition) is 1. The van der Waals surface area contributed by atoms with Gasteiger partial charge in [-0.2, -0.15) is 13.2 Å². The maximum atomic E-state index is 13.5. The van der Waals surface area contributed by atoms with Crippen molar-refractivity contribution in [1.29, 1.82) is 0 Å². The number of alkyl halides is 3. The van der Waals surface area contributed by atoms with Crippen LogP contribution in [0.5, 0.6) is 0 Å². The third-order valence-corrected chi connectivity index (χ3v) is 4.01. The van der Waals surface area contributed by atoms with Gasteiger partial charge < -0.3 is 5.32 Å². The zero-order chi connectivity index (χ0) is 19.5. The fraction of sp³-hybridized carbons (Fsp3) is 0.350. The molecule has 0 radical (unpaired) electrons. The fourth-order valence-corrected chi connectivity index (χ4v) is 2.47. The van der Waals surface area contributed by atoms with Crippen LogP contribution in [0.2, 0.25) is 0 Å². The van der Waals surface area contributed by atoms with Gasteiger partial charge >= 0.3 is 6.18 Å². The molecule has 0 unspecified atom stereocenters. The van der Waals surface area contributed by atoms with Crippen molar-refractivity contribution in [3.63, 3.8) is 0 Å². The molecule has 0 saturated carbocycles. The minimum atomic E-state index is -4.75. The second-order valence-electron chi connectivity index (χ2n) is 7.21. The van der Waals surface area contributed by atoms with E-state index in [9.17, 15) is 22.4 Å². The number of halogens is 4. The molecule has 6 heteroatoms. The lowest BCUT2D eigenvalue weighted by atomic mass is 9.87. The standard InChI is InChI=1S/C20H21F4NO/c1-19(2,3)15-7-4-13(5-8-15)12-25-18(26)11-14-6-9-16(17(21)10-14)20(22,23)24/h4-10H,11-12H2,1-3H3,(H,25,26). The van der Waals surface area contributed by atoms with Crippen molar-refractivity contribution in [2.24, 2.45) is 0 Å². The largest absolute Gasteiger partial charge is 0.419 e. The van der Waals surface area contributed by atoms with E-state index in [2.05, 4.69) is 26.1 Å². The molecule has 0 saturated heterocycles. The lowest BCUT2D eigenvalue weighted by molar-refractivity contribution is -0.140. The lowest BCUT2D eigenvalue weighted by Gasteiger charge is -2.19. The second-order valence-corrected chi connectivity index (χ2v) is 7.21. The average Bonchev–Trinajstić information content (AvgIpc) is 2.51. The summed E-state index contributed by atoms with van der Waals surface area (Å²) in [4.78, 5) is 11.9. The Hall–Kier alpha value is -2.37. The van der Waals surface area contributed by atoms with E-state index in [0.717, 1.165) is 17.7 Å². The first-order valence-corrected chi connectivity index (χ1v) is 8.18. The van der Waals surface area contributed by atoms with E-state index in [1.165, 1.54) is 5.56 Å². The Kier molecular flexibility index (Phi) is 5.74. The number of nitrogens with one attached hydrogen (secondary N) is 1. The first kappa shape index (κ1) is 19.9. The highest BCUT2D eigenvalue weighted by Crippen LogP contribution is 2.31. The molecule has 2 nitrogen and oxygen atoms in total. The van der Waals surface area contributed by atoms with Crippen molar-refractivity contribution in [3.8, 4) is 0 Å². The Balaban J connectivity index is 1.94. The van der Waals surface area contributed by atoms with Gasteiger partial charge in [0.2, 0.25) is 5.91 Å². The summed E-state index contributed by atoms with van der Waals surface area (Å²) in [6.07, 6.45) is -4.93. The van der Waals surface area contributed by atoms with Crippen molar-refractivity contribution in [2.75, 3.05) is 0 Å². The zero-order valence-electron chi connectivity index (χ0n) is 14.9. The van der Waals surface area contributed by atoms with Crippen LogP contribution in [0.15, 0.2) is 42.5 Å². The van der Waals surface area contributed by atoms with Crippen LogP contribution < -0.4 is 5.32 Å². The SMILES string of the molecule is CC(C)(C)c1ccc(CNC(=O)Cc2ccc(C(F)(F)F)c(F)c2)cc1. The molecule has 0 spiro atoms. The van der Waals surface area contributed by atoms with Crippen molar-refractivity contribution >= 4 is 5.91 Å². The molecule has 0 atom stereocenters. The maximum Gasteiger partial charge on any atom is 0.419 e. The Labute approximate surface area is 150 Å². The lowest BCUT2D eigenvalue weighted by Crippen LogP contribution is -2.24. The molecule has 0 fully saturated rings. The van der Waals surface area contributed by atoms with E-state index in [1.54, 1.807) is 0 Å². The van der Waals surface area contributed by atoms with E-state index in [1.807, 2.05) is 24.3 Å². The molecule has 0 aliphatic carbocycles. The van der Waals surface area contributed by atoms with Crippen LogP contribution in [0.4, 0.5) is 17.6 Å². The quantitative estimate of drug-likeness (QED) is 0.757. The second kappa shape index (κ2) is 7.48. The van der Waals surface area contributed by atoms with Crippen LogP contribution in [0.3, 0.4) is 0 Å². The van der Waals surface area contributed by atoms with Gasteiger partial charge in [-0.3, -0.25) is 4.79 Å². The molecule has 0 aromatic heterocycles. The van der Waals surface area contributed by atoms with Gasteiger partial charge in [0.15, 0.2) is 0 Å². The summed E-state index contributed by atoms with van der Waals surface area (Å²) >= 11 is 0. The van der Waals surface area contributed by atoms with Crippen LogP contribution in [0.25, 0.3) is 0 Å². The Morgan fingerprint density at radius 3 is 2.04 bits per heavy atom. The highest BCUT2D eigenvalue weighted by Gasteiger charge is 2.33. The van der Waals surface area contributed by atoms with Crippen LogP contribution in [-0.2, 0) is 29.4 Å². The molecule has 2 rings (SSSR count). The third-order valence-electron chi connectivity index (χ3n) is 4.01. The minimum absolute atomic E-state index is 0.0361. The van der Waals surface area contributed by atoms with Gasteiger partial charge in [-0.05, 0) is 34.2 Å². The summed E-state index contributed by atoms with van der Waals surface area (Å²) in [5.74, 6) is -1.76. The fourth-order valence-electron chi connectivity index (χ4n) is 2.47. The first-order valence-electron chi connectivity index (χ1n) is 8.18. The summed E-state index contributed by atoms with van der Waals surface area (Å²) in [6, 6.07) is 10.3. The van der Waals surface area contributed by atoms with Crippen molar-refractivity contribution < 1.29 is 22.4 Å². The number of amides is 1. The van der Waals surface area contributed by atoms with E-state index in [0.29, 0.717) is 12.6 Å². The van der Waals surface area contributed by atoms with Crippen molar-refractivity contribution in [3.05, 3.63) is 70.5 Å². The minimum Gasteiger partial charge on any atom is -0.352 e. The van der Waals surface area contributed by atoms with Crippen LogP contribution in [0.1, 0.15) is 43.0 Å². The van der Waals surface area contributed by atoms with Crippen LogP contribution in [0, 0.1) is 5.82 Å². The molecule has 0 heterocycles. The average molecular weight is 367 g/mol. The molecule has 1 N–H and O–H groups in total. The van der Waals surface area contributed by atoms with E-state index in [-0.39, 0.29) is 23.3 Å². The summed E-state index contributed by atoms with van der Waals surface area (Å²) in [7, 11) is 0. The molecule has 0 aliphatic heterocycles. The molecule has 0 aliphatic rings. The molecular formula is C20H21F4NO. The normalized spacial score (nSPS) is 12.1. The topological polar surface area (TPSA) is 29.1 Å². The van der Waals surface area contributed by atoms with Crippen molar-refractivity contribution in [1.82, 2.24) is 5.32 Å². The highest BCUT2D eigenvalue weighted by molar-refractivity contribution is 5.78. The van der Waals surface area contributed by atoms with Gasteiger partial charge in [-0.15, -0.1) is 0 Å². The molecule has 2 aromatic rings. The van der Waals surface area contributed by atoms with Gasteiger partial charge in [-0.25, -0.2) is 4.39 Å². The monoisotopic (exact) mass is 367 g/mol. The molecule has 2 aromatic carbocycles. The summed E-state index contributed by atoms with van der Waals surface area (Å²) in [5, 5.41) is 2.69. The number of hydrogen-bond donors (Lipinski definition) is 1. The zero-order valence-corrected chi connectivity index (χ0v) is 14.9. The van der Waals surface area contributed by atoms with Gasteiger partial charge in [0, 0.05) is 6.54 Å². The Morgan fingerprint density at radius 1 is 0.962 bits per heavy atom. The molecule has 1 amide bonds. The van der Waals surface area contributed by atoms with Gasteiger partial charge in [-0.1, -0.05) is 51.1 Å². The summed E-state index contributed by atoms with van der Waals surface area (Å²) in [5.41, 5.74) is 0.975. The maximum absolute atomic E-state index is 13.5. The van der Waals surface area contributed by atoms with Gasteiger partial charge in [0.1, 0.15) is 5.82 Å². The van der Waals surface area contributed by atoms with E-state index in [4.69, 9.17) is 0 Å². The third kappa shape index (κ3) is 5.31. The van der Waals surface area contributed by atoms with Crippen LogP contribution in [-0.4, -0.2) is 5.91 Å². The number of carbonyl (C=O) groups excluding carboxylic acids is 1. The number of rotatable bonds is 4. The predicted molar refractivity (Wildman–Crippen MR) is 92.1 cm³/mol. The highest BCUT2D eigenvalue weighted by atomic mass is 19.4. The van der Waals surface area contributed by atoms with Crippen LogP contribution >= 0.6 is 0 Å². The van der Waals surface area contributed by atoms with Gasteiger partial charge in [0.05, 0.1) is 12.0 Å².